The summed E-state index contributed by atoms with van der Waals surface area (Å²) >= 11 is 0. The first-order chi connectivity index (χ1) is 17.0. The van der Waals surface area contributed by atoms with Gasteiger partial charge in [0.05, 0.1) is 10.6 Å². The zero-order valence-corrected chi connectivity index (χ0v) is 19.7. The molecule has 0 aliphatic carbocycles. The second kappa shape index (κ2) is 9.64. The van der Waals surface area contributed by atoms with E-state index in [0.29, 0.717) is 35.7 Å². The fourth-order valence-corrected chi connectivity index (χ4v) is 5.67. The number of sulfonamides is 1. The Hall–Kier alpha value is -4.10. The minimum absolute atomic E-state index is 0.249. The molecule has 0 saturated carbocycles. The second-order valence-corrected chi connectivity index (χ2v) is 10.1. The molecule has 7 heteroatoms. The Morgan fingerprint density at radius 1 is 0.800 bits per heavy atom. The number of fused-ring (bicyclic) bond motifs is 1. The highest BCUT2D eigenvalue weighted by atomic mass is 32.2. The Balaban J connectivity index is 1.31. The van der Waals surface area contributed by atoms with Crippen LogP contribution in [0.4, 0.5) is 11.4 Å². The number of nitrogens with zero attached hydrogens (tertiary/aromatic N) is 1. The Labute approximate surface area is 204 Å². The highest BCUT2D eigenvalue weighted by Gasteiger charge is 2.29. The van der Waals surface area contributed by atoms with Gasteiger partial charge in [0, 0.05) is 17.8 Å². The number of amides is 1. The minimum Gasteiger partial charge on any atom is -0.457 e. The fourth-order valence-electron chi connectivity index (χ4n) is 4.11. The van der Waals surface area contributed by atoms with Crippen LogP contribution in [0.2, 0.25) is 0 Å². The van der Waals surface area contributed by atoms with Gasteiger partial charge in [0.25, 0.3) is 15.9 Å². The van der Waals surface area contributed by atoms with Crippen molar-refractivity contribution in [3.63, 3.8) is 0 Å². The lowest BCUT2D eigenvalue weighted by molar-refractivity contribution is 0.102. The number of hydrogen-bond acceptors (Lipinski definition) is 4. The van der Waals surface area contributed by atoms with Crippen molar-refractivity contribution in [2.24, 2.45) is 0 Å². The van der Waals surface area contributed by atoms with Crippen LogP contribution in [0.15, 0.2) is 108 Å². The van der Waals surface area contributed by atoms with Crippen LogP contribution in [-0.2, 0) is 16.4 Å². The third-order valence-corrected chi connectivity index (χ3v) is 7.67. The highest BCUT2D eigenvalue weighted by Crippen LogP contribution is 2.34. The first-order valence-electron chi connectivity index (χ1n) is 11.4. The molecule has 4 aromatic carbocycles. The van der Waals surface area contributed by atoms with Crippen LogP contribution in [0, 0.1) is 0 Å². The van der Waals surface area contributed by atoms with Gasteiger partial charge in [-0.05, 0) is 85.1 Å². The van der Waals surface area contributed by atoms with Crippen molar-refractivity contribution >= 4 is 27.3 Å². The predicted octanol–water partition coefficient (Wildman–Crippen LogP) is 5.87. The van der Waals surface area contributed by atoms with E-state index in [4.69, 9.17) is 4.74 Å². The molecule has 1 N–H and O–H groups in total. The molecule has 0 aromatic heterocycles. The smallest absolute Gasteiger partial charge is 0.264 e. The summed E-state index contributed by atoms with van der Waals surface area (Å²) in [6, 6.07) is 30.2. The molecular formula is C28H24N2O4S. The number of rotatable bonds is 6. The third kappa shape index (κ3) is 4.90. The highest BCUT2D eigenvalue weighted by molar-refractivity contribution is 7.92. The maximum atomic E-state index is 13.2. The van der Waals surface area contributed by atoms with Crippen LogP contribution in [0.3, 0.4) is 0 Å². The van der Waals surface area contributed by atoms with Gasteiger partial charge < -0.3 is 10.1 Å². The summed E-state index contributed by atoms with van der Waals surface area (Å²) in [7, 11) is -3.65. The van der Waals surface area contributed by atoms with Crippen LogP contribution in [0.5, 0.6) is 11.5 Å². The number of para-hydroxylation sites is 1. The number of nitrogens with one attached hydrogen (secondary N) is 1. The maximum absolute atomic E-state index is 13.2. The molecule has 1 aliphatic heterocycles. The zero-order chi connectivity index (χ0) is 24.3. The Morgan fingerprint density at radius 3 is 2.17 bits per heavy atom. The molecule has 35 heavy (non-hydrogen) atoms. The van der Waals surface area contributed by atoms with Crippen molar-refractivity contribution in [2.75, 3.05) is 16.2 Å². The van der Waals surface area contributed by atoms with Gasteiger partial charge in [-0.3, -0.25) is 9.10 Å². The number of carbonyl (C=O) groups excluding carboxylic acids is 1. The SMILES string of the molecule is O=C(Nc1ccc2c(c1)CCCN2S(=O)(=O)c1ccccc1)c1ccc(Oc2ccccc2)cc1. The molecule has 1 aliphatic rings. The largest absolute Gasteiger partial charge is 0.457 e. The van der Waals surface area contributed by atoms with Gasteiger partial charge in [0.1, 0.15) is 11.5 Å². The van der Waals surface area contributed by atoms with Crippen molar-refractivity contribution in [3.8, 4) is 11.5 Å². The summed E-state index contributed by atoms with van der Waals surface area (Å²) < 4.78 is 33.6. The van der Waals surface area contributed by atoms with Gasteiger partial charge in [-0.2, -0.15) is 0 Å². The first-order valence-corrected chi connectivity index (χ1v) is 12.8. The third-order valence-electron chi connectivity index (χ3n) is 5.84. The van der Waals surface area contributed by atoms with Crippen LogP contribution in [-0.4, -0.2) is 20.9 Å². The monoisotopic (exact) mass is 484 g/mol. The molecule has 0 atom stereocenters. The van der Waals surface area contributed by atoms with E-state index in [1.54, 1.807) is 66.7 Å². The summed E-state index contributed by atoms with van der Waals surface area (Å²) in [5.41, 5.74) is 2.66. The van der Waals surface area contributed by atoms with Crippen molar-refractivity contribution in [1.82, 2.24) is 0 Å². The molecule has 176 valence electrons. The van der Waals surface area contributed by atoms with E-state index in [1.165, 1.54) is 4.31 Å². The average molecular weight is 485 g/mol. The van der Waals surface area contributed by atoms with E-state index in [-0.39, 0.29) is 10.8 Å². The van der Waals surface area contributed by atoms with E-state index in [2.05, 4.69) is 5.32 Å². The normalized spacial score (nSPS) is 13.1. The summed E-state index contributed by atoms with van der Waals surface area (Å²) in [6.07, 6.45) is 1.45. The molecule has 0 radical (unpaired) electrons. The zero-order valence-electron chi connectivity index (χ0n) is 18.9. The number of aryl methyl sites for hydroxylation is 1. The minimum atomic E-state index is -3.65. The summed E-state index contributed by atoms with van der Waals surface area (Å²) in [6.45, 7) is 0.424. The van der Waals surface area contributed by atoms with Crippen molar-refractivity contribution in [1.29, 1.82) is 0 Å². The number of hydrogen-bond donors (Lipinski definition) is 1. The lowest BCUT2D eigenvalue weighted by atomic mass is 10.0. The van der Waals surface area contributed by atoms with Gasteiger partial charge in [0.2, 0.25) is 0 Å². The van der Waals surface area contributed by atoms with Crippen molar-refractivity contribution < 1.29 is 17.9 Å². The number of anilines is 2. The van der Waals surface area contributed by atoms with Gasteiger partial charge in [-0.1, -0.05) is 36.4 Å². The van der Waals surface area contributed by atoms with Crippen molar-refractivity contribution in [3.05, 3.63) is 114 Å². The molecule has 0 unspecified atom stereocenters. The molecule has 0 fully saturated rings. The molecule has 6 nitrogen and oxygen atoms in total. The maximum Gasteiger partial charge on any atom is 0.264 e. The van der Waals surface area contributed by atoms with Crippen LogP contribution < -0.4 is 14.4 Å². The first kappa shape index (κ1) is 22.7. The average Bonchev–Trinajstić information content (AvgIpc) is 2.89. The fraction of sp³-hybridized carbons (Fsp3) is 0.107. The number of benzene rings is 4. The summed E-state index contributed by atoms with van der Waals surface area (Å²) in [5.74, 6) is 1.11. The Bertz CT molecular complexity index is 1440. The van der Waals surface area contributed by atoms with Gasteiger partial charge >= 0.3 is 0 Å². The van der Waals surface area contributed by atoms with Gasteiger partial charge in [-0.15, -0.1) is 0 Å². The van der Waals surface area contributed by atoms with Crippen LogP contribution >= 0.6 is 0 Å². The topological polar surface area (TPSA) is 75.7 Å². The van der Waals surface area contributed by atoms with Crippen LogP contribution in [0.1, 0.15) is 22.3 Å². The number of carbonyl (C=O) groups is 1. The van der Waals surface area contributed by atoms with E-state index in [1.807, 2.05) is 36.4 Å². The quantitative estimate of drug-likeness (QED) is 0.371. The Morgan fingerprint density at radius 2 is 1.46 bits per heavy atom. The molecule has 0 spiro atoms. The standard InChI is InChI=1S/C28H24N2O4S/c31-28(21-13-16-25(17-14-21)34-24-9-3-1-4-10-24)29-23-15-18-27-22(20-23)8-7-19-30(27)35(32,33)26-11-5-2-6-12-26/h1-6,9-18,20H,7-8,19H2,(H,29,31). The lowest BCUT2D eigenvalue weighted by Crippen LogP contribution is -2.35. The van der Waals surface area contributed by atoms with Crippen LogP contribution in [0.25, 0.3) is 0 Å². The second-order valence-electron chi connectivity index (χ2n) is 8.23. The lowest BCUT2D eigenvalue weighted by Gasteiger charge is -2.30. The Kier molecular flexibility index (Phi) is 6.25. The number of ether oxygens (including phenoxy) is 1. The molecule has 0 bridgehead atoms. The molecule has 4 aromatic rings. The van der Waals surface area contributed by atoms with E-state index in [9.17, 15) is 13.2 Å². The van der Waals surface area contributed by atoms with E-state index < -0.39 is 10.0 Å². The summed E-state index contributed by atoms with van der Waals surface area (Å²) in [5, 5.41) is 2.92. The molecule has 1 amide bonds. The molecular weight excluding hydrogens is 460 g/mol. The molecule has 5 rings (SSSR count). The van der Waals surface area contributed by atoms with E-state index >= 15 is 0 Å². The summed E-state index contributed by atoms with van der Waals surface area (Å²) in [4.78, 5) is 13.1. The predicted molar refractivity (Wildman–Crippen MR) is 137 cm³/mol. The van der Waals surface area contributed by atoms with E-state index in [0.717, 1.165) is 17.7 Å². The molecule has 1 heterocycles. The van der Waals surface area contributed by atoms with Crippen molar-refractivity contribution in [2.45, 2.75) is 17.7 Å². The van der Waals surface area contributed by atoms with Gasteiger partial charge in [-0.25, -0.2) is 8.42 Å². The van der Waals surface area contributed by atoms with Gasteiger partial charge in [0.15, 0.2) is 0 Å². The molecule has 0 saturated heterocycles.